The number of nitrogen functional groups attached to an aromatic ring is 2. The van der Waals surface area contributed by atoms with Crippen molar-refractivity contribution in [1.29, 1.82) is 0 Å². The summed E-state index contributed by atoms with van der Waals surface area (Å²) in [5.41, 5.74) is 12.5. The zero-order valence-corrected chi connectivity index (χ0v) is 13.7. The van der Waals surface area contributed by atoms with Gasteiger partial charge in [-0.3, -0.25) is 4.57 Å². The number of anilines is 2. The summed E-state index contributed by atoms with van der Waals surface area (Å²) in [7, 11) is -4.11. The highest BCUT2D eigenvalue weighted by atomic mass is 31.2. The van der Waals surface area contributed by atoms with Gasteiger partial charge in [-0.2, -0.15) is 9.97 Å². The first-order valence-corrected chi connectivity index (χ1v) is 8.96. The molecule has 0 amide bonds. The Labute approximate surface area is 133 Å². The molecule has 2 aromatic heterocycles. The van der Waals surface area contributed by atoms with Crippen molar-refractivity contribution in [2.24, 2.45) is 0 Å². The molecule has 0 saturated carbocycles. The quantitative estimate of drug-likeness (QED) is 0.399. The lowest BCUT2D eigenvalue weighted by molar-refractivity contribution is 0.0800. The maximum Gasteiger partial charge on any atom is 0.350 e. The predicted molar refractivity (Wildman–Crippen MR) is 85.5 cm³/mol. The van der Waals surface area contributed by atoms with Crippen LogP contribution in [-0.2, 0) is 15.8 Å². The summed E-state index contributed by atoms with van der Waals surface area (Å²) in [6, 6.07) is 0. The van der Waals surface area contributed by atoms with E-state index in [4.69, 9.17) is 26.0 Å². The van der Waals surface area contributed by atoms with E-state index in [2.05, 4.69) is 15.0 Å². The summed E-state index contributed by atoms with van der Waals surface area (Å²) in [6.45, 7) is 2.47. The Hall–Kier alpha value is -1.74. The van der Waals surface area contributed by atoms with Gasteiger partial charge in [-0.05, 0) is 26.2 Å². The van der Waals surface area contributed by atoms with Crippen molar-refractivity contribution in [1.82, 2.24) is 19.5 Å². The minimum Gasteiger partial charge on any atom is -0.382 e. The molecule has 0 aliphatic rings. The fraction of sp³-hybridized carbons (Fsp3) is 0.583. The summed E-state index contributed by atoms with van der Waals surface area (Å²) in [5.74, 6) is 0.363. The number of nitrogens with zero attached hydrogens (tertiary/aromatic N) is 4. The van der Waals surface area contributed by atoms with Gasteiger partial charge in [-0.25, -0.2) is 4.98 Å². The first-order chi connectivity index (χ1) is 10.8. The fourth-order valence-corrected chi connectivity index (χ4v) is 2.62. The molecule has 23 heavy (non-hydrogen) atoms. The maximum absolute atomic E-state index is 10.7. The molecule has 1 atom stereocenters. The van der Waals surface area contributed by atoms with Crippen LogP contribution in [0.3, 0.4) is 0 Å². The molecule has 2 rings (SSSR count). The van der Waals surface area contributed by atoms with Gasteiger partial charge < -0.3 is 30.6 Å². The number of rotatable bonds is 8. The predicted octanol–water partition coefficient (Wildman–Crippen LogP) is 0.701. The molecule has 128 valence electrons. The molecule has 0 saturated heterocycles. The molecular weight excluding hydrogens is 323 g/mol. The van der Waals surface area contributed by atoms with E-state index in [1.165, 1.54) is 0 Å². The number of imidazole rings is 1. The Morgan fingerprint density at radius 3 is 2.78 bits per heavy atom. The van der Waals surface area contributed by atoms with Gasteiger partial charge in [0, 0.05) is 6.54 Å². The Bertz CT molecular complexity index is 715. The molecule has 6 N–H and O–H groups in total. The number of hydrogen-bond acceptors (Lipinski definition) is 7. The first-order valence-electron chi connectivity index (χ1n) is 7.16. The summed E-state index contributed by atoms with van der Waals surface area (Å²) in [6.07, 6.45) is 3.25. The second-order valence-electron chi connectivity index (χ2n) is 5.34. The Morgan fingerprint density at radius 2 is 2.09 bits per heavy atom. The number of fused-ring (bicyclic) bond motifs is 1. The van der Waals surface area contributed by atoms with Crippen LogP contribution in [-0.4, -0.2) is 41.8 Å². The lowest BCUT2D eigenvalue weighted by Crippen LogP contribution is -2.10. The van der Waals surface area contributed by atoms with E-state index in [0.717, 1.165) is 12.8 Å². The van der Waals surface area contributed by atoms with Crippen LogP contribution in [0, 0.1) is 0 Å². The van der Waals surface area contributed by atoms with Crippen LogP contribution in [0.4, 0.5) is 11.8 Å². The molecule has 1 unspecified atom stereocenters. The summed E-state index contributed by atoms with van der Waals surface area (Å²) in [4.78, 5) is 29.7. The van der Waals surface area contributed by atoms with E-state index in [0.29, 0.717) is 24.1 Å². The molecule has 0 aliphatic heterocycles. The first kappa shape index (κ1) is 17.6. The minimum atomic E-state index is -4.11. The third-order valence-corrected chi connectivity index (χ3v) is 3.78. The second kappa shape index (κ2) is 7.22. The number of unbranched alkanes of at least 4 members (excludes halogenated alkanes) is 1. The third-order valence-electron chi connectivity index (χ3n) is 3.30. The van der Waals surface area contributed by atoms with Crippen molar-refractivity contribution in [3.05, 3.63) is 6.33 Å². The van der Waals surface area contributed by atoms with Crippen molar-refractivity contribution in [3.8, 4) is 0 Å². The topological polar surface area (TPSA) is 162 Å². The van der Waals surface area contributed by atoms with E-state index in [9.17, 15) is 4.57 Å². The standard InChI is InChI=1S/C12H21N6O4P/c1-8(22-7-23(19,20)21)4-2-3-5-18-6-15-9-10(13)16-12(14)17-11(9)18/h6,8H,2-5,7H2,1H3,(H2,19,20,21)(H4,13,14,16,17). The normalized spacial score (nSPS) is 13.5. The Kier molecular flexibility index (Phi) is 5.53. The second-order valence-corrected chi connectivity index (χ2v) is 6.93. The van der Waals surface area contributed by atoms with Crippen molar-refractivity contribution >= 4 is 30.5 Å². The fourth-order valence-electron chi connectivity index (χ4n) is 2.17. The van der Waals surface area contributed by atoms with E-state index < -0.39 is 13.9 Å². The highest BCUT2D eigenvalue weighted by Gasteiger charge is 2.15. The molecule has 2 heterocycles. The van der Waals surface area contributed by atoms with Gasteiger partial charge in [0.05, 0.1) is 12.4 Å². The number of aromatic nitrogens is 4. The molecule has 10 nitrogen and oxygen atoms in total. The third kappa shape index (κ3) is 5.14. The van der Waals surface area contributed by atoms with Gasteiger partial charge in [0.1, 0.15) is 11.9 Å². The molecule has 0 fully saturated rings. The Morgan fingerprint density at radius 1 is 1.35 bits per heavy atom. The van der Waals surface area contributed by atoms with Gasteiger partial charge in [-0.1, -0.05) is 0 Å². The van der Waals surface area contributed by atoms with Gasteiger partial charge in [0.25, 0.3) is 0 Å². The number of aryl methyl sites for hydroxylation is 1. The molecule has 11 heteroatoms. The smallest absolute Gasteiger partial charge is 0.350 e. The zero-order chi connectivity index (χ0) is 17.0. The molecule has 0 radical (unpaired) electrons. The lowest BCUT2D eigenvalue weighted by atomic mass is 10.2. The number of ether oxygens (including phenoxy) is 1. The molecule has 0 aromatic carbocycles. The van der Waals surface area contributed by atoms with Gasteiger partial charge in [0.15, 0.2) is 11.5 Å². The highest BCUT2D eigenvalue weighted by Crippen LogP contribution is 2.34. The van der Waals surface area contributed by atoms with E-state index in [-0.39, 0.29) is 17.9 Å². The van der Waals surface area contributed by atoms with E-state index in [1.54, 1.807) is 13.3 Å². The summed E-state index contributed by atoms with van der Waals surface area (Å²) < 4.78 is 17.7. The average molecular weight is 344 g/mol. The van der Waals surface area contributed by atoms with Crippen molar-refractivity contribution in [2.45, 2.75) is 38.8 Å². The molecule has 2 aromatic rings. The maximum atomic E-state index is 10.7. The van der Waals surface area contributed by atoms with Crippen LogP contribution in [0.1, 0.15) is 26.2 Å². The zero-order valence-electron chi connectivity index (χ0n) is 12.8. The molecule has 0 bridgehead atoms. The molecule has 0 spiro atoms. The van der Waals surface area contributed by atoms with Gasteiger partial charge in [-0.15, -0.1) is 0 Å². The van der Waals surface area contributed by atoms with Crippen LogP contribution >= 0.6 is 7.60 Å². The Balaban J connectivity index is 1.82. The molecular formula is C12H21N6O4P. The van der Waals surface area contributed by atoms with Crippen molar-refractivity contribution in [2.75, 3.05) is 17.8 Å². The monoisotopic (exact) mass is 344 g/mol. The summed E-state index contributed by atoms with van der Waals surface area (Å²) in [5, 5.41) is 0. The number of hydrogen-bond donors (Lipinski definition) is 4. The highest BCUT2D eigenvalue weighted by molar-refractivity contribution is 7.51. The van der Waals surface area contributed by atoms with Crippen LogP contribution in [0.2, 0.25) is 0 Å². The van der Waals surface area contributed by atoms with E-state index >= 15 is 0 Å². The van der Waals surface area contributed by atoms with Crippen LogP contribution in [0.15, 0.2) is 6.33 Å². The number of nitrogens with two attached hydrogens (primary N) is 2. The lowest BCUT2D eigenvalue weighted by Gasteiger charge is -2.13. The van der Waals surface area contributed by atoms with Crippen molar-refractivity contribution < 1.29 is 19.1 Å². The van der Waals surface area contributed by atoms with Crippen molar-refractivity contribution in [3.63, 3.8) is 0 Å². The minimum absolute atomic E-state index is 0.108. The van der Waals surface area contributed by atoms with Gasteiger partial charge in [0.2, 0.25) is 5.95 Å². The van der Waals surface area contributed by atoms with Crippen LogP contribution < -0.4 is 11.5 Å². The largest absolute Gasteiger partial charge is 0.382 e. The van der Waals surface area contributed by atoms with E-state index in [1.807, 2.05) is 4.57 Å². The van der Waals surface area contributed by atoms with Gasteiger partial charge >= 0.3 is 7.60 Å². The van der Waals surface area contributed by atoms with Crippen LogP contribution in [0.25, 0.3) is 11.2 Å². The molecule has 0 aliphatic carbocycles. The average Bonchev–Trinajstić information content (AvgIpc) is 2.84. The van der Waals surface area contributed by atoms with Crippen LogP contribution in [0.5, 0.6) is 0 Å². The SMILES string of the molecule is CC(CCCCn1cnc2c(N)nc(N)nc21)OCP(=O)(O)O. The summed E-state index contributed by atoms with van der Waals surface area (Å²) >= 11 is 0.